The van der Waals surface area contributed by atoms with E-state index < -0.39 is 0 Å². The largest absolute Gasteiger partial charge is 0.370 e. The Kier molecular flexibility index (Phi) is 4.65. The highest BCUT2D eigenvalue weighted by atomic mass is 16.2. The summed E-state index contributed by atoms with van der Waals surface area (Å²) in [5, 5.41) is 6.14. The van der Waals surface area contributed by atoms with Crippen LogP contribution >= 0.6 is 0 Å². The molecular weight excluding hydrogens is 266 g/mol. The molecule has 6 nitrogen and oxygen atoms in total. The van der Waals surface area contributed by atoms with Gasteiger partial charge in [0, 0.05) is 31.1 Å². The Morgan fingerprint density at radius 3 is 2.81 bits per heavy atom. The minimum atomic E-state index is -0.131. The number of nitrogens with one attached hydrogen (secondary N) is 2. The number of carbonyl (C=O) groups excluding carboxylic acids is 1. The third-order valence-electron chi connectivity index (χ3n) is 3.33. The highest BCUT2D eigenvalue weighted by Gasteiger charge is 2.22. The summed E-state index contributed by atoms with van der Waals surface area (Å²) >= 11 is 0. The second-order valence-corrected chi connectivity index (χ2v) is 6.34. The zero-order valence-corrected chi connectivity index (χ0v) is 13.4. The first-order chi connectivity index (χ1) is 9.90. The number of rotatable bonds is 3. The maximum Gasteiger partial charge on any atom is 0.239 e. The molecule has 1 aliphatic rings. The lowest BCUT2D eigenvalue weighted by Crippen LogP contribution is -2.34. The maximum absolute atomic E-state index is 11.7. The van der Waals surface area contributed by atoms with Gasteiger partial charge in [0.1, 0.15) is 17.5 Å². The molecule has 2 rings (SSSR count). The maximum atomic E-state index is 11.7. The Hall–Kier alpha value is -1.85. The van der Waals surface area contributed by atoms with Crippen LogP contribution in [-0.2, 0) is 10.2 Å². The van der Waals surface area contributed by atoms with E-state index in [1.165, 1.54) is 0 Å². The highest BCUT2D eigenvalue weighted by molar-refractivity contribution is 5.81. The number of hydrogen-bond acceptors (Lipinski definition) is 5. The first-order valence-corrected chi connectivity index (χ1v) is 7.55. The van der Waals surface area contributed by atoms with Crippen molar-refractivity contribution in [1.29, 1.82) is 0 Å². The van der Waals surface area contributed by atoms with Gasteiger partial charge >= 0.3 is 0 Å². The monoisotopic (exact) mass is 291 g/mol. The number of hydrogen-bond donors (Lipinski definition) is 2. The normalized spacial score (nSPS) is 16.4. The second-order valence-electron chi connectivity index (χ2n) is 6.34. The van der Waals surface area contributed by atoms with E-state index in [4.69, 9.17) is 0 Å². The van der Waals surface area contributed by atoms with Gasteiger partial charge in [-0.05, 0) is 13.3 Å². The fourth-order valence-electron chi connectivity index (χ4n) is 2.21. The number of amides is 1. The van der Waals surface area contributed by atoms with Gasteiger partial charge in [-0.15, -0.1) is 0 Å². The van der Waals surface area contributed by atoms with Crippen LogP contribution < -0.4 is 15.5 Å². The molecule has 0 radical (unpaired) electrons. The lowest BCUT2D eigenvalue weighted by Gasteiger charge is -2.24. The van der Waals surface area contributed by atoms with Gasteiger partial charge in [-0.2, -0.15) is 0 Å². The first-order valence-electron chi connectivity index (χ1n) is 7.55. The predicted molar refractivity (Wildman–Crippen MR) is 84.7 cm³/mol. The Bertz CT molecular complexity index is 509. The Morgan fingerprint density at radius 1 is 1.38 bits per heavy atom. The summed E-state index contributed by atoms with van der Waals surface area (Å²) in [6.45, 7) is 11.0. The van der Waals surface area contributed by atoms with Crippen molar-refractivity contribution in [2.75, 3.05) is 36.4 Å². The van der Waals surface area contributed by atoms with E-state index in [9.17, 15) is 4.79 Å². The Morgan fingerprint density at radius 2 is 2.14 bits per heavy atom. The van der Waals surface area contributed by atoms with E-state index in [0.717, 1.165) is 43.5 Å². The first kappa shape index (κ1) is 15.5. The van der Waals surface area contributed by atoms with E-state index in [1.807, 2.05) is 17.9 Å². The van der Waals surface area contributed by atoms with Gasteiger partial charge in [-0.1, -0.05) is 20.8 Å². The lowest BCUT2D eigenvalue weighted by molar-refractivity contribution is -0.119. The summed E-state index contributed by atoms with van der Waals surface area (Å²) in [6, 6.07) is 1.93. The van der Waals surface area contributed by atoms with Gasteiger partial charge in [0.05, 0.1) is 6.54 Å². The summed E-state index contributed by atoms with van der Waals surface area (Å²) in [5.41, 5.74) is -0.131. The molecule has 116 valence electrons. The number of aromatic nitrogens is 2. The molecule has 0 spiro atoms. The summed E-state index contributed by atoms with van der Waals surface area (Å²) in [6.07, 6.45) is 0.928. The molecule has 6 heteroatoms. The minimum Gasteiger partial charge on any atom is -0.370 e. The van der Waals surface area contributed by atoms with Crippen LogP contribution in [0.4, 0.5) is 11.6 Å². The predicted octanol–water partition coefficient (Wildman–Crippen LogP) is 1.53. The molecule has 0 bridgehead atoms. The van der Waals surface area contributed by atoms with Crippen LogP contribution in [0.3, 0.4) is 0 Å². The third kappa shape index (κ3) is 4.06. The van der Waals surface area contributed by atoms with Gasteiger partial charge in [-0.25, -0.2) is 9.97 Å². The molecule has 2 heterocycles. The van der Waals surface area contributed by atoms with Gasteiger partial charge in [0.15, 0.2) is 0 Å². The molecule has 2 N–H and O–H groups in total. The van der Waals surface area contributed by atoms with Crippen LogP contribution in [-0.4, -0.2) is 42.1 Å². The average molecular weight is 291 g/mol. The fourth-order valence-corrected chi connectivity index (χ4v) is 2.21. The van der Waals surface area contributed by atoms with Crippen LogP contribution in [0.5, 0.6) is 0 Å². The second kappa shape index (κ2) is 6.28. The quantitative estimate of drug-likeness (QED) is 0.884. The smallest absolute Gasteiger partial charge is 0.239 e. The average Bonchev–Trinajstić information content (AvgIpc) is 2.62. The van der Waals surface area contributed by atoms with Crippen molar-refractivity contribution in [3.8, 4) is 0 Å². The summed E-state index contributed by atoms with van der Waals surface area (Å²) in [4.78, 5) is 23.0. The molecule has 1 fully saturated rings. The lowest BCUT2D eigenvalue weighted by atomic mass is 9.96. The van der Waals surface area contributed by atoms with Crippen molar-refractivity contribution < 1.29 is 4.79 Å². The molecule has 1 aliphatic heterocycles. The highest BCUT2D eigenvalue weighted by Crippen LogP contribution is 2.24. The number of anilines is 2. The van der Waals surface area contributed by atoms with Crippen molar-refractivity contribution in [1.82, 2.24) is 15.3 Å². The number of carbonyl (C=O) groups is 1. The molecule has 0 aromatic carbocycles. The SMILES string of the molecule is CCNc1cc(N2CCCNC(=O)C2)nc(C(C)(C)C)n1. The van der Waals surface area contributed by atoms with Gasteiger partial charge in [0.25, 0.3) is 0 Å². The van der Waals surface area contributed by atoms with Crippen molar-refractivity contribution in [3.05, 3.63) is 11.9 Å². The van der Waals surface area contributed by atoms with E-state index in [-0.39, 0.29) is 11.3 Å². The molecule has 1 saturated heterocycles. The molecule has 0 saturated carbocycles. The van der Waals surface area contributed by atoms with Crippen molar-refractivity contribution in [2.24, 2.45) is 0 Å². The molecule has 0 unspecified atom stereocenters. The molecule has 0 aliphatic carbocycles. The zero-order valence-electron chi connectivity index (χ0n) is 13.4. The third-order valence-corrected chi connectivity index (χ3v) is 3.33. The standard InChI is InChI=1S/C15H25N5O/c1-5-16-11-9-12(19-14(18-11)15(2,3)4)20-8-6-7-17-13(21)10-20/h9H,5-8,10H2,1-4H3,(H,17,21)(H,16,18,19). The minimum absolute atomic E-state index is 0.0495. The van der Waals surface area contributed by atoms with Crippen LogP contribution in [0, 0.1) is 0 Å². The van der Waals surface area contributed by atoms with E-state index in [0.29, 0.717) is 6.54 Å². The van der Waals surface area contributed by atoms with Gasteiger partial charge < -0.3 is 15.5 Å². The zero-order chi connectivity index (χ0) is 15.5. The van der Waals surface area contributed by atoms with E-state index >= 15 is 0 Å². The summed E-state index contributed by atoms with van der Waals surface area (Å²) in [7, 11) is 0. The Balaban J connectivity index is 2.36. The topological polar surface area (TPSA) is 70.2 Å². The number of nitrogens with zero attached hydrogens (tertiary/aromatic N) is 3. The Labute approximate surface area is 126 Å². The van der Waals surface area contributed by atoms with E-state index in [2.05, 4.69) is 41.4 Å². The molecule has 1 amide bonds. The van der Waals surface area contributed by atoms with Crippen LogP contribution in [0.25, 0.3) is 0 Å². The van der Waals surface area contributed by atoms with Crippen molar-refractivity contribution >= 4 is 17.5 Å². The van der Waals surface area contributed by atoms with Gasteiger partial charge in [0.2, 0.25) is 5.91 Å². The van der Waals surface area contributed by atoms with Crippen molar-refractivity contribution in [2.45, 2.75) is 39.5 Å². The van der Waals surface area contributed by atoms with Crippen molar-refractivity contribution in [3.63, 3.8) is 0 Å². The fraction of sp³-hybridized carbons (Fsp3) is 0.667. The van der Waals surface area contributed by atoms with Crippen LogP contribution in [0.1, 0.15) is 39.9 Å². The molecule has 1 aromatic heterocycles. The molecule has 21 heavy (non-hydrogen) atoms. The summed E-state index contributed by atoms with van der Waals surface area (Å²) < 4.78 is 0. The van der Waals surface area contributed by atoms with Crippen LogP contribution in [0.2, 0.25) is 0 Å². The van der Waals surface area contributed by atoms with E-state index in [1.54, 1.807) is 0 Å². The molecular formula is C15H25N5O. The van der Waals surface area contributed by atoms with Crippen LogP contribution in [0.15, 0.2) is 6.07 Å². The molecule has 0 atom stereocenters. The summed E-state index contributed by atoms with van der Waals surface area (Å²) in [5.74, 6) is 2.48. The van der Waals surface area contributed by atoms with Gasteiger partial charge in [-0.3, -0.25) is 4.79 Å². The molecule has 1 aromatic rings.